The number of rotatable bonds is 7. The Bertz CT molecular complexity index is 342. The van der Waals surface area contributed by atoms with Gasteiger partial charge < -0.3 is 0 Å². The normalized spacial score (nSPS) is 13.3. The molecule has 0 unspecified atom stereocenters. The Morgan fingerprint density at radius 2 is 1.47 bits per heavy atom. The molecule has 0 aromatic carbocycles. The van der Waals surface area contributed by atoms with E-state index in [1.54, 1.807) is 0 Å². The van der Waals surface area contributed by atoms with Crippen LogP contribution in [0.3, 0.4) is 0 Å². The molecule has 10 heteroatoms. The number of sulfonamides is 2. The lowest BCUT2D eigenvalue weighted by Gasteiger charge is -2.15. The van der Waals surface area contributed by atoms with Crippen molar-refractivity contribution in [1.82, 2.24) is 9.66 Å². The highest BCUT2D eigenvalue weighted by molar-refractivity contribution is 8.07. The Kier molecular flexibility index (Phi) is 5.62. The third kappa shape index (κ3) is 4.01. The molecule has 92 valence electrons. The van der Waals surface area contributed by atoms with E-state index in [1.165, 1.54) is 9.66 Å². The summed E-state index contributed by atoms with van der Waals surface area (Å²) in [5.41, 5.74) is 0. The van der Waals surface area contributed by atoms with Crippen molar-refractivity contribution in [1.29, 1.82) is 0 Å². The Hall–Kier alpha value is -0.260. The lowest BCUT2D eigenvalue weighted by atomic mass is 10.3. The van der Waals surface area contributed by atoms with Gasteiger partial charge in [0, 0.05) is 0 Å². The Balaban J connectivity index is 5.08. The number of nitrogens with two attached hydrogens (primary N) is 2. The zero-order valence-electron chi connectivity index (χ0n) is 8.30. The van der Waals surface area contributed by atoms with Gasteiger partial charge in [-0.1, -0.05) is 19.8 Å². The molecule has 15 heavy (non-hydrogen) atoms. The van der Waals surface area contributed by atoms with Gasteiger partial charge in [-0.3, -0.25) is 11.7 Å². The number of unbranched alkanes of at least 4 members (excludes halogenated alkanes) is 1. The first-order valence-electron chi connectivity index (χ1n) is 4.24. The summed E-state index contributed by atoms with van der Waals surface area (Å²) in [4.78, 5) is 2.98. The summed E-state index contributed by atoms with van der Waals surface area (Å²) in [5, 5.41) is 0. The van der Waals surface area contributed by atoms with Crippen LogP contribution in [0.15, 0.2) is 0 Å². The first kappa shape index (κ1) is 14.7. The third-order valence-corrected chi connectivity index (χ3v) is 5.85. The average Bonchev–Trinajstić information content (AvgIpc) is 2.18. The molecule has 0 spiro atoms. The molecule has 0 aromatic rings. The zero-order chi connectivity index (χ0) is 12.1. The van der Waals surface area contributed by atoms with Gasteiger partial charge in [0.1, 0.15) is 0 Å². The van der Waals surface area contributed by atoms with Crippen molar-refractivity contribution in [2.24, 2.45) is 11.7 Å². The van der Waals surface area contributed by atoms with Gasteiger partial charge in [0.15, 0.2) is 4.58 Å². The lowest BCUT2D eigenvalue weighted by Crippen LogP contribution is -2.48. The zero-order valence-corrected chi connectivity index (χ0v) is 9.94. The quantitative estimate of drug-likeness (QED) is 0.310. The van der Waals surface area contributed by atoms with Gasteiger partial charge in [-0.05, 0) is 6.42 Å². The van der Waals surface area contributed by atoms with Gasteiger partial charge >= 0.3 is 0 Å². The van der Waals surface area contributed by atoms with Crippen LogP contribution in [0.4, 0.5) is 0 Å². The Morgan fingerprint density at radius 3 is 1.73 bits per heavy atom. The van der Waals surface area contributed by atoms with E-state index in [0.717, 1.165) is 0 Å². The van der Waals surface area contributed by atoms with Gasteiger partial charge in [0.25, 0.3) is 0 Å². The summed E-state index contributed by atoms with van der Waals surface area (Å²) in [6.07, 6.45) is 1.04. The average molecular weight is 260 g/mol. The van der Waals surface area contributed by atoms with Gasteiger partial charge in [0.2, 0.25) is 20.0 Å². The second kappa shape index (κ2) is 5.72. The highest BCUT2D eigenvalue weighted by Gasteiger charge is 2.35. The number of hydrazine groups is 2. The minimum absolute atomic E-state index is 0.0600. The topological polar surface area (TPSA) is 144 Å². The summed E-state index contributed by atoms with van der Waals surface area (Å²) >= 11 is 0. The molecule has 0 aliphatic carbocycles. The molecule has 0 aromatic heterocycles. The maximum absolute atomic E-state index is 11.3. The third-order valence-electron chi connectivity index (χ3n) is 1.81. The van der Waals surface area contributed by atoms with E-state index in [2.05, 4.69) is 0 Å². The minimum atomic E-state index is -4.10. The number of hydrogen-bond donors (Lipinski definition) is 4. The second-order valence-corrected chi connectivity index (χ2v) is 6.99. The predicted molar refractivity (Wildman–Crippen MR) is 55.8 cm³/mol. The summed E-state index contributed by atoms with van der Waals surface area (Å²) in [6.45, 7) is 1.81. The van der Waals surface area contributed by atoms with Crippen molar-refractivity contribution in [2.75, 3.05) is 0 Å². The Morgan fingerprint density at radius 1 is 1.07 bits per heavy atom. The van der Waals surface area contributed by atoms with Crippen LogP contribution < -0.4 is 21.3 Å². The molecule has 0 fully saturated rings. The predicted octanol–water partition coefficient (Wildman–Crippen LogP) is -1.91. The summed E-state index contributed by atoms with van der Waals surface area (Å²) < 4.78 is 43.5. The van der Waals surface area contributed by atoms with E-state index in [9.17, 15) is 16.8 Å². The van der Waals surface area contributed by atoms with Crippen LogP contribution in [0, 0.1) is 0 Å². The Labute approximate surface area is 89.4 Å². The van der Waals surface area contributed by atoms with Crippen LogP contribution in [0.5, 0.6) is 0 Å². The van der Waals surface area contributed by atoms with Crippen molar-refractivity contribution in [3.8, 4) is 0 Å². The van der Waals surface area contributed by atoms with E-state index >= 15 is 0 Å². The molecule has 0 bridgehead atoms. The van der Waals surface area contributed by atoms with Crippen molar-refractivity contribution in [2.45, 2.75) is 30.8 Å². The fourth-order valence-corrected chi connectivity index (χ4v) is 3.92. The molecule has 6 N–H and O–H groups in total. The van der Waals surface area contributed by atoms with Gasteiger partial charge in [-0.2, -0.15) is 9.66 Å². The molecular formula is C5H16N4O4S2. The molecule has 0 radical (unpaired) electrons. The monoisotopic (exact) mass is 260 g/mol. The number of nitrogens with one attached hydrogen (secondary N) is 2. The van der Waals surface area contributed by atoms with E-state index in [1.807, 2.05) is 6.92 Å². The highest BCUT2D eigenvalue weighted by Crippen LogP contribution is 2.13. The van der Waals surface area contributed by atoms with Crippen LogP contribution in [0.1, 0.15) is 26.2 Å². The fourth-order valence-electron chi connectivity index (χ4n) is 1.000. The smallest absolute Gasteiger partial charge is 0.242 e. The van der Waals surface area contributed by atoms with Gasteiger partial charge in [-0.15, -0.1) is 0 Å². The first-order chi connectivity index (χ1) is 6.81. The van der Waals surface area contributed by atoms with Crippen LogP contribution in [0.25, 0.3) is 0 Å². The molecule has 0 aliphatic rings. The van der Waals surface area contributed by atoms with Crippen LogP contribution >= 0.6 is 0 Å². The van der Waals surface area contributed by atoms with Crippen molar-refractivity contribution >= 4 is 20.0 Å². The molecule has 0 amide bonds. The molecule has 0 heterocycles. The molecular weight excluding hydrogens is 244 g/mol. The summed E-state index contributed by atoms with van der Waals surface area (Å²) in [5.74, 6) is 9.52. The largest absolute Gasteiger partial charge is 0.258 e. The molecule has 0 saturated heterocycles. The van der Waals surface area contributed by atoms with E-state index in [4.69, 9.17) is 11.7 Å². The SMILES string of the molecule is CCCCC(S(=O)(=O)NN)S(=O)(=O)NN. The molecule has 0 aliphatic heterocycles. The standard InChI is InChI=1S/C5H16N4O4S2/c1-2-3-4-5(14(10,11)8-6)15(12,13)9-7/h5,8-9H,2-4,6-7H2,1H3. The molecule has 0 atom stereocenters. The minimum Gasteiger partial charge on any atom is -0.258 e. The van der Waals surface area contributed by atoms with Crippen LogP contribution in [-0.2, 0) is 20.0 Å². The molecule has 8 nitrogen and oxygen atoms in total. The van der Waals surface area contributed by atoms with Crippen LogP contribution in [-0.4, -0.2) is 21.4 Å². The fraction of sp³-hybridized carbons (Fsp3) is 1.00. The summed E-state index contributed by atoms with van der Waals surface area (Å²) in [7, 11) is -8.21. The second-order valence-electron chi connectivity index (χ2n) is 2.90. The highest BCUT2D eigenvalue weighted by atomic mass is 32.3. The van der Waals surface area contributed by atoms with Crippen molar-refractivity contribution in [3.63, 3.8) is 0 Å². The maximum atomic E-state index is 11.3. The molecule has 0 saturated carbocycles. The van der Waals surface area contributed by atoms with Gasteiger partial charge in [-0.25, -0.2) is 16.8 Å². The number of hydrogen-bond acceptors (Lipinski definition) is 6. The van der Waals surface area contributed by atoms with Crippen LogP contribution in [0.2, 0.25) is 0 Å². The first-order valence-corrected chi connectivity index (χ1v) is 7.33. The van der Waals surface area contributed by atoms with E-state index in [0.29, 0.717) is 12.8 Å². The van der Waals surface area contributed by atoms with E-state index < -0.39 is 24.6 Å². The molecule has 0 rings (SSSR count). The summed E-state index contributed by atoms with van der Waals surface area (Å²) in [6, 6.07) is 0. The van der Waals surface area contributed by atoms with Crippen molar-refractivity contribution < 1.29 is 16.8 Å². The van der Waals surface area contributed by atoms with Gasteiger partial charge in [0.05, 0.1) is 0 Å². The lowest BCUT2D eigenvalue weighted by molar-refractivity contribution is 0.550. The maximum Gasteiger partial charge on any atom is 0.242 e. The van der Waals surface area contributed by atoms with Crippen molar-refractivity contribution in [3.05, 3.63) is 0 Å². The van der Waals surface area contributed by atoms with E-state index in [-0.39, 0.29) is 6.42 Å².